The smallest absolute Gasteiger partial charge is 0.414 e. The Labute approximate surface area is 130 Å². The van der Waals surface area contributed by atoms with Crippen molar-refractivity contribution in [3.05, 3.63) is 30.5 Å². The summed E-state index contributed by atoms with van der Waals surface area (Å²) in [5.41, 5.74) is 0.579. The van der Waals surface area contributed by atoms with Gasteiger partial charge in [-0.1, -0.05) is 11.3 Å². The fraction of sp³-hybridized carbons (Fsp3) is 0.308. The molecule has 2 aromatic rings. The third-order valence-electron chi connectivity index (χ3n) is 2.56. The van der Waals surface area contributed by atoms with Crippen LogP contribution in [0.4, 0.5) is 14.2 Å². The number of hydrogen-bond acceptors (Lipinski definition) is 6. The van der Waals surface area contributed by atoms with Crippen molar-refractivity contribution >= 4 is 34.2 Å². The third kappa shape index (κ3) is 4.15. The van der Waals surface area contributed by atoms with Crippen molar-refractivity contribution in [2.75, 3.05) is 30.6 Å². The molecule has 0 aliphatic rings. The summed E-state index contributed by atoms with van der Waals surface area (Å²) in [5, 5.41) is 1.23. The van der Waals surface area contributed by atoms with Crippen LogP contribution in [0.5, 0.6) is 0 Å². The van der Waals surface area contributed by atoms with Crippen LogP contribution in [0.15, 0.2) is 24.7 Å². The summed E-state index contributed by atoms with van der Waals surface area (Å²) < 4.78 is 18.3. The Hall–Kier alpha value is -1.67. The summed E-state index contributed by atoms with van der Waals surface area (Å²) in [4.78, 5) is 21.2. The SMILES string of the molecule is CSCCOC(=O)N(C)c1cnc(-c2cncc(F)c2)s1. The van der Waals surface area contributed by atoms with Gasteiger partial charge in [0.25, 0.3) is 0 Å². The summed E-state index contributed by atoms with van der Waals surface area (Å²) >= 11 is 2.88. The number of amides is 1. The van der Waals surface area contributed by atoms with Crippen LogP contribution in [0.1, 0.15) is 0 Å². The Kier molecular flexibility index (Phi) is 5.51. The highest BCUT2D eigenvalue weighted by atomic mass is 32.2. The first-order valence-corrected chi connectivity index (χ1v) is 8.29. The molecule has 0 aliphatic heterocycles. The maximum absolute atomic E-state index is 13.1. The largest absolute Gasteiger partial charge is 0.448 e. The van der Waals surface area contributed by atoms with Gasteiger partial charge >= 0.3 is 6.09 Å². The molecule has 0 bridgehead atoms. The van der Waals surface area contributed by atoms with Gasteiger partial charge in [-0.3, -0.25) is 9.88 Å². The van der Waals surface area contributed by atoms with E-state index < -0.39 is 11.9 Å². The molecule has 0 radical (unpaired) electrons. The first-order valence-electron chi connectivity index (χ1n) is 6.08. The number of thiazole rings is 1. The Morgan fingerprint density at radius 1 is 1.48 bits per heavy atom. The number of anilines is 1. The van der Waals surface area contributed by atoms with Gasteiger partial charge in [-0.2, -0.15) is 11.8 Å². The standard InChI is InChI=1S/C13H14FN3O2S2/c1-17(13(18)19-3-4-20-2)11-8-16-12(21-11)9-5-10(14)7-15-6-9/h5-8H,3-4H2,1-2H3. The summed E-state index contributed by atoms with van der Waals surface area (Å²) in [7, 11) is 1.61. The van der Waals surface area contributed by atoms with Crippen LogP contribution in [-0.2, 0) is 4.74 Å². The lowest BCUT2D eigenvalue weighted by atomic mass is 10.3. The number of hydrogen-bond donors (Lipinski definition) is 0. The first kappa shape index (κ1) is 15.7. The number of carbonyl (C=O) groups excluding carboxylic acids is 1. The summed E-state index contributed by atoms with van der Waals surface area (Å²) in [6, 6.07) is 1.35. The Morgan fingerprint density at radius 2 is 2.29 bits per heavy atom. The van der Waals surface area contributed by atoms with Gasteiger partial charge in [0.2, 0.25) is 0 Å². The van der Waals surface area contributed by atoms with Crippen molar-refractivity contribution < 1.29 is 13.9 Å². The van der Waals surface area contributed by atoms with E-state index in [1.807, 2.05) is 6.26 Å². The van der Waals surface area contributed by atoms with E-state index in [0.29, 0.717) is 22.2 Å². The molecule has 0 unspecified atom stereocenters. The number of thioether (sulfide) groups is 1. The predicted octanol–water partition coefficient (Wildman–Crippen LogP) is 3.28. The van der Waals surface area contributed by atoms with E-state index in [1.165, 1.54) is 28.5 Å². The highest BCUT2D eigenvalue weighted by molar-refractivity contribution is 7.98. The summed E-state index contributed by atoms with van der Waals surface area (Å²) in [6.07, 6.45) is 5.73. The van der Waals surface area contributed by atoms with E-state index >= 15 is 0 Å². The lowest BCUT2D eigenvalue weighted by molar-refractivity contribution is 0.162. The molecule has 5 nitrogen and oxygen atoms in total. The highest BCUT2D eigenvalue weighted by Crippen LogP contribution is 2.30. The Bertz CT molecular complexity index is 621. The minimum absolute atomic E-state index is 0.365. The van der Waals surface area contributed by atoms with Crippen LogP contribution in [-0.4, -0.2) is 41.7 Å². The van der Waals surface area contributed by atoms with Crippen molar-refractivity contribution in [1.29, 1.82) is 0 Å². The molecule has 0 spiro atoms. The average Bonchev–Trinajstić information content (AvgIpc) is 2.96. The van der Waals surface area contributed by atoms with Gasteiger partial charge in [-0.15, -0.1) is 0 Å². The van der Waals surface area contributed by atoms with Gasteiger partial charge in [0.1, 0.15) is 22.4 Å². The third-order valence-corrected chi connectivity index (χ3v) is 4.26. The second-order valence-corrected chi connectivity index (χ2v) is 6.06. The van der Waals surface area contributed by atoms with Crippen LogP contribution < -0.4 is 4.90 Å². The monoisotopic (exact) mass is 327 g/mol. The molecular weight excluding hydrogens is 313 g/mol. The molecule has 2 rings (SSSR count). The lowest BCUT2D eigenvalue weighted by Crippen LogP contribution is -2.26. The minimum atomic E-state index is -0.434. The number of nitrogens with zero attached hydrogens (tertiary/aromatic N) is 3. The molecule has 2 aromatic heterocycles. The predicted molar refractivity (Wildman–Crippen MR) is 83.4 cm³/mol. The first-order chi connectivity index (χ1) is 10.1. The Morgan fingerprint density at radius 3 is 3.00 bits per heavy atom. The van der Waals surface area contributed by atoms with Crippen LogP contribution >= 0.6 is 23.1 Å². The number of aromatic nitrogens is 2. The molecule has 0 atom stereocenters. The van der Waals surface area contributed by atoms with E-state index in [-0.39, 0.29) is 0 Å². The molecule has 0 aliphatic carbocycles. The number of halogens is 1. The number of ether oxygens (including phenoxy) is 1. The van der Waals surface area contributed by atoms with Crippen molar-refractivity contribution in [2.24, 2.45) is 0 Å². The van der Waals surface area contributed by atoms with Crippen LogP contribution in [0.2, 0.25) is 0 Å². The van der Waals surface area contributed by atoms with Crippen LogP contribution in [0.25, 0.3) is 10.6 Å². The van der Waals surface area contributed by atoms with Gasteiger partial charge in [0.15, 0.2) is 0 Å². The van der Waals surface area contributed by atoms with Crippen molar-refractivity contribution in [3.8, 4) is 10.6 Å². The molecule has 21 heavy (non-hydrogen) atoms. The van der Waals surface area contributed by atoms with E-state index in [0.717, 1.165) is 11.9 Å². The van der Waals surface area contributed by atoms with Crippen molar-refractivity contribution in [3.63, 3.8) is 0 Å². The zero-order chi connectivity index (χ0) is 15.2. The van der Waals surface area contributed by atoms with Crippen LogP contribution in [0, 0.1) is 5.82 Å². The fourth-order valence-electron chi connectivity index (χ4n) is 1.48. The fourth-order valence-corrected chi connectivity index (χ4v) is 2.58. The topological polar surface area (TPSA) is 55.3 Å². The summed E-state index contributed by atoms with van der Waals surface area (Å²) in [5.74, 6) is 0.330. The van der Waals surface area contributed by atoms with Gasteiger partial charge in [-0.25, -0.2) is 14.2 Å². The zero-order valence-corrected chi connectivity index (χ0v) is 13.2. The average molecular weight is 327 g/mol. The molecule has 0 saturated carbocycles. The number of carbonyl (C=O) groups is 1. The van der Waals surface area contributed by atoms with Gasteiger partial charge in [-0.05, 0) is 12.3 Å². The molecule has 1 amide bonds. The molecule has 0 saturated heterocycles. The van der Waals surface area contributed by atoms with Crippen molar-refractivity contribution in [1.82, 2.24) is 9.97 Å². The molecule has 2 heterocycles. The molecule has 0 fully saturated rings. The Balaban J connectivity index is 2.07. The van der Waals surface area contributed by atoms with E-state index in [9.17, 15) is 9.18 Å². The lowest BCUT2D eigenvalue weighted by Gasteiger charge is -2.13. The molecular formula is C13H14FN3O2S2. The maximum atomic E-state index is 13.1. The molecule has 112 valence electrons. The molecule has 8 heteroatoms. The van der Waals surface area contributed by atoms with Gasteiger partial charge in [0.05, 0.1) is 12.4 Å². The van der Waals surface area contributed by atoms with Gasteiger partial charge in [0, 0.05) is 24.6 Å². The second-order valence-electron chi connectivity index (χ2n) is 4.06. The number of pyridine rings is 1. The second kappa shape index (κ2) is 7.37. The molecule has 0 aromatic carbocycles. The van der Waals surface area contributed by atoms with E-state index in [2.05, 4.69) is 9.97 Å². The van der Waals surface area contributed by atoms with E-state index in [1.54, 1.807) is 25.0 Å². The zero-order valence-electron chi connectivity index (χ0n) is 11.6. The van der Waals surface area contributed by atoms with Crippen molar-refractivity contribution in [2.45, 2.75) is 0 Å². The van der Waals surface area contributed by atoms with Gasteiger partial charge < -0.3 is 4.74 Å². The maximum Gasteiger partial charge on any atom is 0.414 e. The molecule has 0 N–H and O–H groups in total. The highest BCUT2D eigenvalue weighted by Gasteiger charge is 2.16. The number of rotatable bonds is 5. The minimum Gasteiger partial charge on any atom is -0.448 e. The quantitative estimate of drug-likeness (QED) is 0.789. The van der Waals surface area contributed by atoms with E-state index in [4.69, 9.17) is 4.74 Å². The normalized spacial score (nSPS) is 10.4. The van der Waals surface area contributed by atoms with Crippen LogP contribution in [0.3, 0.4) is 0 Å². The summed E-state index contributed by atoms with van der Waals surface area (Å²) in [6.45, 7) is 0.365.